The molecule has 4 aromatic rings. The number of nitrogens with one attached hydrogen (secondary N) is 1. The van der Waals surface area contributed by atoms with Gasteiger partial charge < -0.3 is 25.0 Å². The highest BCUT2D eigenvalue weighted by Crippen LogP contribution is 2.41. The van der Waals surface area contributed by atoms with E-state index in [0.29, 0.717) is 72.7 Å². The van der Waals surface area contributed by atoms with Gasteiger partial charge in [-0.2, -0.15) is 9.97 Å². The second-order valence-electron chi connectivity index (χ2n) is 13.7. The van der Waals surface area contributed by atoms with Crippen LogP contribution in [0.25, 0.3) is 32.9 Å². The number of aliphatic hydroxyl groups is 1. The van der Waals surface area contributed by atoms with Crippen LogP contribution in [0.4, 0.5) is 14.6 Å². The molecule has 6 heterocycles. The molecule has 2 aromatic heterocycles. The number of nitrogens with zero attached hydrogens (tertiary/aromatic N) is 6. The molecule has 8 rings (SSSR count). The van der Waals surface area contributed by atoms with Crippen LogP contribution in [0, 0.1) is 17.7 Å². The van der Waals surface area contributed by atoms with Crippen LogP contribution in [0.5, 0.6) is 6.01 Å². The van der Waals surface area contributed by atoms with Crippen molar-refractivity contribution in [2.75, 3.05) is 57.8 Å². The SMILES string of the molecule is CN(c1nc(OCC23CCCN2C[C@H](F)C3)nc2c(F)c(-c3cccc4cccc(Cl)c34)ncc12)[C@@H]1CCN(C(=O)C#CC2(O)CNC2)C1. The number of alkyl halides is 1. The molecule has 49 heavy (non-hydrogen) atoms. The highest BCUT2D eigenvalue weighted by Gasteiger charge is 2.49. The number of aromatic nitrogens is 3. The van der Waals surface area contributed by atoms with E-state index in [1.807, 2.05) is 36.2 Å². The van der Waals surface area contributed by atoms with E-state index in [2.05, 4.69) is 32.0 Å². The topological polar surface area (TPSA) is 107 Å². The van der Waals surface area contributed by atoms with Crippen molar-refractivity contribution in [3.05, 3.63) is 53.4 Å². The first-order valence-corrected chi connectivity index (χ1v) is 17.0. The number of likely N-dealkylation sites (N-methyl/N-ethyl adjacent to an activating group) is 1. The first kappa shape index (κ1) is 32.1. The van der Waals surface area contributed by atoms with Crippen LogP contribution < -0.4 is 15.0 Å². The maximum absolute atomic E-state index is 16.8. The predicted molar refractivity (Wildman–Crippen MR) is 183 cm³/mol. The number of carbonyl (C=O) groups excluding carboxylic acids is 1. The fourth-order valence-electron chi connectivity index (χ4n) is 7.80. The number of amides is 1. The predicted octanol–water partition coefficient (Wildman–Crippen LogP) is 3.97. The Bertz CT molecular complexity index is 2030. The number of anilines is 1. The highest BCUT2D eigenvalue weighted by molar-refractivity contribution is 6.36. The second kappa shape index (κ2) is 12.3. The average molecular weight is 688 g/mol. The minimum atomic E-state index is -1.17. The van der Waals surface area contributed by atoms with Gasteiger partial charge in [0.05, 0.1) is 10.9 Å². The van der Waals surface area contributed by atoms with Crippen molar-refractivity contribution in [3.8, 4) is 29.1 Å². The van der Waals surface area contributed by atoms with Crippen LogP contribution in [0.2, 0.25) is 5.02 Å². The minimum Gasteiger partial charge on any atom is -0.461 e. The Hall–Kier alpha value is -4.15. The third-order valence-electron chi connectivity index (χ3n) is 10.6. The van der Waals surface area contributed by atoms with Gasteiger partial charge in [0.25, 0.3) is 5.91 Å². The van der Waals surface area contributed by atoms with Crippen molar-refractivity contribution in [2.45, 2.75) is 49.0 Å². The van der Waals surface area contributed by atoms with Gasteiger partial charge in [-0.05, 0) is 43.2 Å². The molecule has 0 aliphatic carbocycles. The summed E-state index contributed by atoms with van der Waals surface area (Å²) in [6, 6.07) is 10.9. The molecule has 4 saturated heterocycles. The van der Waals surface area contributed by atoms with Gasteiger partial charge in [0, 0.05) is 74.4 Å². The molecule has 4 aliphatic heterocycles. The lowest BCUT2D eigenvalue weighted by atomic mass is 9.95. The van der Waals surface area contributed by atoms with Gasteiger partial charge in [-0.25, -0.2) is 8.78 Å². The van der Waals surface area contributed by atoms with Gasteiger partial charge in [0.15, 0.2) is 11.4 Å². The number of hydrogen-bond donors (Lipinski definition) is 2. The van der Waals surface area contributed by atoms with E-state index >= 15 is 4.39 Å². The molecule has 0 radical (unpaired) electrons. The summed E-state index contributed by atoms with van der Waals surface area (Å²) >= 11 is 6.61. The molecule has 2 N–H and O–H groups in total. The van der Waals surface area contributed by atoms with E-state index in [1.165, 1.54) is 0 Å². The number of benzene rings is 2. The summed E-state index contributed by atoms with van der Waals surface area (Å²) in [6.07, 6.45) is 3.40. The number of hydrogen-bond acceptors (Lipinski definition) is 9. The molecule has 2 aromatic carbocycles. The van der Waals surface area contributed by atoms with Crippen molar-refractivity contribution >= 4 is 45.0 Å². The largest absolute Gasteiger partial charge is 0.461 e. The van der Waals surface area contributed by atoms with Crippen LogP contribution in [0.1, 0.15) is 25.7 Å². The highest BCUT2D eigenvalue weighted by atomic mass is 35.5. The Labute approximate surface area is 287 Å². The molecular formula is C36H36ClF2N7O3. The molecule has 4 aliphatic rings. The summed E-state index contributed by atoms with van der Waals surface area (Å²) in [4.78, 5) is 32.6. The molecule has 13 heteroatoms. The Balaban J connectivity index is 1.16. The zero-order chi connectivity index (χ0) is 33.9. The number of ether oxygens (including phenoxy) is 1. The third kappa shape index (κ3) is 5.72. The Morgan fingerprint density at radius 1 is 1.20 bits per heavy atom. The molecular weight excluding hydrogens is 652 g/mol. The number of β-amino-alcohol motifs (C(OH)–C–C–N with tert-alkyl or cyclic N) is 1. The summed E-state index contributed by atoms with van der Waals surface area (Å²) < 4.78 is 37.6. The molecule has 254 valence electrons. The standard InChI is InChI=1S/C36H36ClF2N7O3/c1-44(24-10-14-45(18-24)28(47)9-12-36(48)19-40-20-36)33-26-16-41-31(25-7-2-5-22-6-3-8-27(37)29(22)25)30(39)32(26)42-34(43-33)49-21-35-11-4-13-46(35)17-23(38)15-35/h2-3,5-8,16,23-24,40,48H,4,10-11,13-15,17-21H2,1H3/t23-,24-,35?/m1/s1. The zero-order valence-corrected chi connectivity index (χ0v) is 27.8. The van der Waals surface area contributed by atoms with Crippen molar-refractivity contribution in [3.63, 3.8) is 0 Å². The van der Waals surface area contributed by atoms with Crippen LogP contribution >= 0.6 is 11.6 Å². The van der Waals surface area contributed by atoms with Gasteiger partial charge in [0.2, 0.25) is 0 Å². The number of pyridine rings is 1. The lowest BCUT2D eigenvalue weighted by molar-refractivity contribution is -0.124. The minimum absolute atomic E-state index is 0.0102. The first-order valence-electron chi connectivity index (χ1n) is 16.7. The van der Waals surface area contributed by atoms with Crippen molar-refractivity contribution in [1.29, 1.82) is 0 Å². The molecule has 4 fully saturated rings. The quantitative estimate of drug-likeness (QED) is 0.292. The Morgan fingerprint density at radius 2 is 2.02 bits per heavy atom. The van der Waals surface area contributed by atoms with Gasteiger partial charge in [-0.15, -0.1) is 0 Å². The molecule has 1 unspecified atom stereocenters. The smallest absolute Gasteiger partial charge is 0.319 e. The molecule has 3 atom stereocenters. The summed E-state index contributed by atoms with van der Waals surface area (Å²) in [5.41, 5.74) is -0.946. The van der Waals surface area contributed by atoms with Gasteiger partial charge in [0.1, 0.15) is 29.8 Å². The second-order valence-corrected chi connectivity index (χ2v) is 14.1. The van der Waals surface area contributed by atoms with Crippen LogP contribution in [0.3, 0.4) is 0 Å². The lowest BCUT2D eigenvalue weighted by Gasteiger charge is -2.32. The van der Waals surface area contributed by atoms with E-state index in [-0.39, 0.29) is 35.8 Å². The summed E-state index contributed by atoms with van der Waals surface area (Å²) in [7, 11) is 1.84. The summed E-state index contributed by atoms with van der Waals surface area (Å²) in [5, 5.41) is 15.6. The Morgan fingerprint density at radius 3 is 2.82 bits per heavy atom. The summed E-state index contributed by atoms with van der Waals surface area (Å²) in [5.74, 6) is 4.70. The molecule has 10 nitrogen and oxygen atoms in total. The van der Waals surface area contributed by atoms with E-state index in [1.54, 1.807) is 23.2 Å². The molecule has 1 amide bonds. The number of carbonyl (C=O) groups is 1. The molecule has 0 spiro atoms. The fourth-order valence-corrected chi connectivity index (χ4v) is 8.08. The number of halogens is 3. The summed E-state index contributed by atoms with van der Waals surface area (Å²) in [6.45, 7) is 2.87. The maximum atomic E-state index is 16.8. The van der Waals surface area contributed by atoms with Crippen LogP contribution in [-0.4, -0.2) is 112 Å². The van der Waals surface area contributed by atoms with Gasteiger partial charge in [-0.3, -0.25) is 14.7 Å². The van der Waals surface area contributed by atoms with Crippen LogP contribution in [-0.2, 0) is 4.79 Å². The average Bonchev–Trinajstić information content (AvgIpc) is 3.80. The number of likely N-dealkylation sites (tertiary alicyclic amines) is 1. The fraction of sp³-hybridized carbons (Fsp3) is 0.444. The van der Waals surface area contributed by atoms with Gasteiger partial charge in [-0.1, -0.05) is 47.9 Å². The van der Waals surface area contributed by atoms with E-state index in [4.69, 9.17) is 21.3 Å². The van der Waals surface area contributed by atoms with Crippen molar-refractivity contribution in [2.24, 2.45) is 0 Å². The maximum Gasteiger partial charge on any atom is 0.319 e. The lowest BCUT2D eigenvalue weighted by Crippen LogP contribution is -2.58. The zero-order valence-electron chi connectivity index (χ0n) is 27.1. The molecule has 0 saturated carbocycles. The normalized spacial score (nSPS) is 24.5. The van der Waals surface area contributed by atoms with Crippen LogP contribution in [0.15, 0.2) is 42.6 Å². The van der Waals surface area contributed by atoms with E-state index in [9.17, 15) is 14.3 Å². The number of rotatable bonds is 6. The number of fused-ring (bicyclic) bond motifs is 3. The van der Waals surface area contributed by atoms with Crippen molar-refractivity contribution < 1.29 is 23.4 Å². The molecule has 0 bridgehead atoms. The first-order chi connectivity index (χ1) is 23.6. The van der Waals surface area contributed by atoms with E-state index in [0.717, 1.165) is 24.8 Å². The monoisotopic (exact) mass is 687 g/mol. The van der Waals surface area contributed by atoms with E-state index < -0.39 is 23.1 Å². The Kier molecular flexibility index (Phi) is 8.06. The van der Waals surface area contributed by atoms with Gasteiger partial charge >= 0.3 is 6.01 Å². The van der Waals surface area contributed by atoms with Crippen molar-refractivity contribution in [1.82, 2.24) is 30.1 Å². The third-order valence-corrected chi connectivity index (χ3v) is 10.9.